The first-order valence-electron chi connectivity index (χ1n) is 6.69. The second-order valence-electron chi connectivity index (χ2n) is 5.36. The van der Waals surface area contributed by atoms with E-state index in [2.05, 4.69) is 10.2 Å². The molecule has 1 saturated heterocycles. The fourth-order valence-electron chi connectivity index (χ4n) is 2.60. The van der Waals surface area contributed by atoms with Gasteiger partial charge in [-0.05, 0) is 12.8 Å². The van der Waals surface area contributed by atoms with Crippen LogP contribution in [0.1, 0.15) is 25.3 Å². The standard InChI is InChI=1S/C13H20N4O3/c1-3-13(11(18)19)4-5-17(9-13)12(20)16(2)8-10-6-14-15-7-10/h6-7H,3-5,8-9H2,1-2H3,(H,14,15)(H,18,19). The van der Waals surface area contributed by atoms with Gasteiger partial charge in [-0.1, -0.05) is 6.92 Å². The second kappa shape index (κ2) is 5.52. The SMILES string of the molecule is CCC1(C(=O)O)CCN(C(=O)N(C)Cc2cn[nH]c2)C1. The van der Waals surface area contributed by atoms with Crippen molar-refractivity contribution in [3.8, 4) is 0 Å². The Morgan fingerprint density at radius 2 is 2.35 bits per heavy atom. The Bertz CT molecular complexity index is 488. The number of hydrogen-bond acceptors (Lipinski definition) is 3. The van der Waals surface area contributed by atoms with E-state index in [1.165, 1.54) is 0 Å². The quantitative estimate of drug-likeness (QED) is 0.865. The molecule has 2 amide bonds. The molecule has 20 heavy (non-hydrogen) atoms. The van der Waals surface area contributed by atoms with E-state index < -0.39 is 11.4 Å². The van der Waals surface area contributed by atoms with Gasteiger partial charge in [0.2, 0.25) is 0 Å². The van der Waals surface area contributed by atoms with Crippen LogP contribution in [-0.4, -0.2) is 57.2 Å². The number of carbonyl (C=O) groups is 2. The number of carboxylic acid groups (broad SMARTS) is 1. The maximum absolute atomic E-state index is 12.3. The number of hydrogen-bond donors (Lipinski definition) is 2. The number of aliphatic carboxylic acids is 1. The van der Waals surface area contributed by atoms with Gasteiger partial charge in [0.25, 0.3) is 0 Å². The molecule has 7 nitrogen and oxygen atoms in total. The zero-order valence-electron chi connectivity index (χ0n) is 11.8. The molecule has 1 fully saturated rings. The topological polar surface area (TPSA) is 89.5 Å². The highest BCUT2D eigenvalue weighted by Gasteiger charge is 2.45. The lowest BCUT2D eigenvalue weighted by atomic mass is 9.84. The molecule has 2 rings (SSSR count). The Kier molecular flexibility index (Phi) is 3.96. The molecule has 7 heteroatoms. The summed E-state index contributed by atoms with van der Waals surface area (Å²) in [5.74, 6) is -0.812. The molecule has 0 radical (unpaired) electrons. The molecule has 1 atom stereocenters. The van der Waals surface area contributed by atoms with Crippen LogP contribution < -0.4 is 0 Å². The molecule has 110 valence electrons. The van der Waals surface area contributed by atoms with Gasteiger partial charge in [-0.2, -0.15) is 5.10 Å². The monoisotopic (exact) mass is 280 g/mol. The number of nitrogens with one attached hydrogen (secondary N) is 1. The number of carboxylic acids is 1. The predicted octanol–water partition coefficient (Wildman–Crippen LogP) is 1.15. The summed E-state index contributed by atoms with van der Waals surface area (Å²) in [7, 11) is 1.71. The van der Waals surface area contributed by atoms with Gasteiger partial charge in [-0.15, -0.1) is 0 Å². The van der Waals surface area contributed by atoms with Crippen molar-refractivity contribution in [1.29, 1.82) is 0 Å². The summed E-state index contributed by atoms with van der Waals surface area (Å²) in [5.41, 5.74) is 0.131. The van der Waals surface area contributed by atoms with E-state index in [-0.39, 0.29) is 12.6 Å². The molecule has 1 aromatic heterocycles. The van der Waals surface area contributed by atoms with E-state index in [1.54, 1.807) is 29.2 Å². The Morgan fingerprint density at radius 1 is 1.60 bits per heavy atom. The maximum atomic E-state index is 12.3. The van der Waals surface area contributed by atoms with Crippen molar-refractivity contribution < 1.29 is 14.7 Å². The number of amides is 2. The third-order valence-corrected chi connectivity index (χ3v) is 4.06. The van der Waals surface area contributed by atoms with Gasteiger partial charge >= 0.3 is 12.0 Å². The van der Waals surface area contributed by atoms with Crippen LogP contribution in [0.4, 0.5) is 4.79 Å². The van der Waals surface area contributed by atoms with E-state index in [4.69, 9.17) is 0 Å². The van der Waals surface area contributed by atoms with Crippen LogP contribution in [0, 0.1) is 5.41 Å². The average molecular weight is 280 g/mol. The molecule has 2 N–H and O–H groups in total. The number of likely N-dealkylation sites (tertiary alicyclic amines) is 1. The van der Waals surface area contributed by atoms with Crippen molar-refractivity contribution in [1.82, 2.24) is 20.0 Å². The highest BCUT2D eigenvalue weighted by molar-refractivity contribution is 5.79. The first kappa shape index (κ1) is 14.4. The summed E-state index contributed by atoms with van der Waals surface area (Å²) in [6, 6.07) is -0.136. The van der Waals surface area contributed by atoms with Crippen LogP contribution in [0.25, 0.3) is 0 Å². The van der Waals surface area contributed by atoms with Gasteiger partial charge in [0.05, 0.1) is 18.2 Å². The van der Waals surface area contributed by atoms with Gasteiger partial charge in [-0.3, -0.25) is 9.89 Å². The van der Waals surface area contributed by atoms with Crippen LogP contribution in [0.2, 0.25) is 0 Å². The third kappa shape index (κ3) is 2.61. The van der Waals surface area contributed by atoms with E-state index in [1.807, 2.05) is 6.92 Å². The average Bonchev–Trinajstić information content (AvgIpc) is 3.07. The lowest BCUT2D eigenvalue weighted by Crippen LogP contribution is -2.42. The highest BCUT2D eigenvalue weighted by atomic mass is 16.4. The first-order valence-corrected chi connectivity index (χ1v) is 6.69. The van der Waals surface area contributed by atoms with E-state index in [9.17, 15) is 14.7 Å². The first-order chi connectivity index (χ1) is 9.48. The summed E-state index contributed by atoms with van der Waals surface area (Å²) in [4.78, 5) is 26.9. The molecule has 0 saturated carbocycles. The number of urea groups is 1. The van der Waals surface area contributed by atoms with Gasteiger partial charge in [0.15, 0.2) is 0 Å². The summed E-state index contributed by atoms with van der Waals surface area (Å²) >= 11 is 0. The summed E-state index contributed by atoms with van der Waals surface area (Å²) in [6.45, 7) is 3.09. The van der Waals surface area contributed by atoms with Crippen LogP contribution in [0.3, 0.4) is 0 Å². The van der Waals surface area contributed by atoms with Crippen molar-refractivity contribution >= 4 is 12.0 Å². The van der Waals surface area contributed by atoms with Crippen molar-refractivity contribution in [3.05, 3.63) is 18.0 Å². The number of aromatic amines is 1. The molecule has 0 aliphatic carbocycles. The lowest BCUT2D eigenvalue weighted by molar-refractivity contribution is -0.148. The summed E-state index contributed by atoms with van der Waals surface area (Å²) < 4.78 is 0. The van der Waals surface area contributed by atoms with Crippen LogP contribution in [0.15, 0.2) is 12.4 Å². The van der Waals surface area contributed by atoms with Gasteiger partial charge in [-0.25, -0.2) is 4.79 Å². The molecule has 1 aliphatic rings. The number of aromatic nitrogens is 2. The predicted molar refractivity (Wildman–Crippen MR) is 72.0 cm³/mol. The van der Waals surface area contributed by atoms with Crippen molar-refractivity contribution in [3.63, 3.8) is 0 Å². The number of nitrogens with zero attached hydrogens (tertiary/aromatic N) is 3. The van der Waals surface area contributed by atoms with Crippen molar-refractivity contribution in [2.45, 2.75) is 26.3 Å². The smallest absolute Gasteiger partial charge is 0.320 e. The number of H-pyrrole nitrogens is 1. The minimum atomic E-state index is -0.812. The van der Waals surface area contributed by atoms with E-state index in [0.29, 0.717) is 25.9 Å². The molecule has 1 aromatic rings. The van der Waals surface area contributed by atoms with Crippen LogP contribution in [-0.2, 0) is 11.3 Å². The molecule has 0 bridgehead atoms. The molecular formula is C13H20N4O3. The van der Waals surface area contributed by atoms with Crippen molar-refractivity contribution in [2.75, 3.05) is 20.1 Å². The molecule has 1 unspecified atom stereocenters. The van der Waals surface area contributed by atoms with Gasteiger partial charge in [0.1, 0.15) is 0 Å². The fraction of sp³-hybridized carbons (Fsp3) is 0.615. The molecule has 2 heterocycles. The molecule has 0 aromatic carbocycles. The minimum absolute atomic E-state index is 0.136. The lowest BCUT2D eigenvalue weighted by Gasteiger charge is -2.26. The normalized spacial score (nSPS) is 22.0. The summed E-state index contributed by atoms with van der Waals surface area (Å²) in [5, 5.41) is 15.9. The Hall–Kier alpha value is -2.05. The van der Waals surface area contributed by atoms with Gasteiger partial charge in [0, 0.05) is 31.9 Å². The molecular weight excluding hydrogens is 260 g/mol. The molecule has 1 aliphatic heterocycles. The number of carbonyl (C=O) groups excluding carboxylic acids is 1. The zero-order valence-corrected chi connectivity index (χ0v) is 11.8. The van der Waals surface area contributed by atoms with Crippen LogP contribution >= 0.6 is 0 Å². The van der Waals surface area contributed by atoms with E-state index >= 15 is 0 Å². The zero-order chi connectivity index (χ0) is 14.8. The highest BCUT2D eigenvalue weighted by Crippen LogP contribution is 2.34. The maximum Gasteiger partial charge on any atom is 0.320 e. The van der Waals surface area contributed by atoms with Gasteiger partial charge < -0.3 is 14.9 Å². The Labute approximate surface area is 117 Å². The largest absolute Gasteiger partial charge is 0.481 e. The Morgan fingerprint density at radius 3 is 2.85 bits per heavy atom. The van der Waals surface area contributed by atoms with E-state index in [0.717, 1.165) is 5.56 Å². The Balaban J connectivity index is 1.98. The van der Waals surface area contributed by atoms with Crippen LogP contribution in [0.5, 0.6) is 0 Å². The minimum Gasteiger partial charge on any atom is -0.481 e. The number of rotatable bonds is 4. The molecule has 0 spiro atoms. The second-order valence-corrected chi connectivity index (χ2v) is 5.36. The fourth-order valence-corrected chi connectivity index (χ4v) is 2.60. The summed E-state index contributed by atoms with van der Waals surface area (Å²) in [6.07, 6.45) is 4.46. The van der Waals surface area contributed by atoms with Crippen molar-refractivity contribution in [2.24, 2.45) is 5.41 Å². The third-order valence-electron chi connectivity index (χ3n) is 4.06.